The standard InChI is InChI=1S/C12H15FN4/c1-8(2)11-15-12(14)16-17(11)7-9-3-5-10(13)6-4-9/h3-6,8H,7H2,1-2H3,(H2,14,16). The number of rotatable bonds is 3. The van der Waals surface area contributed by atoms with Crippen LogP contribution >= 0.6 is 0 Å². The minimum absolute atomic E-state index is 0.240. The first-order valence-electron chi connectivity index (χ1n) is 5.51. The van der Waals surface area contributed by atoms with E-state index in [1.165, 1.54) is 12.1 Å². The van der Waals surface area contributed by atoms with Crippen molar-refractivity contribution in [3.63, 3.8) is 0 Å². The molecule has 0 aliphatic heterocycles. The lowest BCUT2D eigenvalue weighted by molar-refractivity contribution is 0.602. The number of hydrogen-bond donors (Lipinski definition) is 1. The highest BCUT2D eigenvalue weighted by atomic mass is 19.1. The molecule has 0 fully saturated rings. The van der Waals surface area contributed by atoms with Gasteiger partial charge in [-0.15, -0.1) is 5.10 Å². The van der Waals surface area contributed by atoms with E-state index >= 15 is 0 Å². The number of aromatic nitrogens is 3. The van der Waals surface area contributed by atoms with Crippen LogP contribution in [0, 0.1) is 5.82 Å². The Hall–Kier alpha value is -1.91. The molecule has 1 heterocycles. The topological polar surface area (TPSA) is 56.7 Å². The third kappa shape index (κ3) is 2.61. The molecular formula is C12H15FN4. The Morgan fingerprint density at radius 1 is 1.29 bits per heavy atom. The van der Waals surface area contributed by atoms with E-state index in [9.17, 15) is 4.39 Å². The monoisotopic (exact) mass is 234 g/mol. The van der Waals surface area contributed by atoms with E-state index in [2.05, 4.69) is 10.1 Å². The lowest BCUT2D eigenvalue weighted by Gasteiger charge is -2.08. The van der Waals surface area contributed by atoms with Crippen LogP contribution in [0.4, 0.5) is 10.3 Å². The number of nitrogen functional groups attached to an aromatic ring is 1. The van der Waals surface area contributed by atoms with Crippen molar-refractivity contribution in [3.05, 3.63) is 41.5 Å². The number of hydrogen-bond acceptors (Lipinski definition) is 3. The van der Waals surface area contributed by atoms with Crippen molar-refractivity contribution in [2.24, 2.45) is 0 Å². The highest BCUT2D eigenvalue weighted by Gasteiger charge is 2.11. The lowest BCUT2D eigenvalue weighted by Crippen LogP contribution is -2.08. The van der Waals surface area contributed by atoms with Gasteiger partial charge in [0.05, 0.1) is 6.54 Å². The zero-order chi connectivity index (χ0) is 12.4. The molecule has 2 N–H and O–H groups in total. The zero-order valence-electron chi connectivity index (χ0n) is 9.89. The molecule has 0 bridgehead atoms. The van der Waals surface area contributed by atoms with Crippen molar-refractivity contribution >= 4 is 5.95 Å². The van der Waals surface area contributed by atoms with Crippen LogP contribution in [0.5, 0.6) is 0 Å². The molecule has 0 spiro atoms. The van der Waals surface area contributed by atoms with E-state index < -0.39 is 0 Å². The Balaban J connectivity index is 2.26. The van der Waals surface area contributed by atoms with Crippen LogP contribution < -0.4 is 5.73 Å². The number of anilines is 1. The molecule has 2 rings (SSSR count). The van der Waals surface area contributed by atoms with Gasteiger partial charge in [-0.05, 0) is 17.7 Å². The molecule has 1 aromatic heterocycles. The van der Waals surface area contributed by atoms with Crippen molar-refractivity contribution in [3.8, 4) is 0 Å². The van der Waals surface area contributed by atoms with Gasteiger partial charge in [-0.3, -0.25) is 0 Å². The third-order valence-electron chi connectivity index (χ3n) is 2.48. The summed E-state index contributed by atoms with van der Waals surface area (Å²) in [6.07, 6.45) is 0. The molecule has 1 aromatic carbocycles. The Kier molecular flexibility index (Phi) is 3.08. The fourth-order valence-electron chi connectivity index (χ4n) is 1.68. The maximum atomic E-state index is 12.8. The molecule has 0 aliphatic carbocycles. The van der Waals surface area contributed by atoms with Crippen molar-refractivity contribution in [1.82, 2.24) is 14.8 Å². The Bertz CT molecular complexity index is 502. The van der Waals surface area contributed by atoms with Gasteiger partial charge in [0, 0.05) is 5.92 Å². The van der Waals surface area contributed by atoms with Gasteiger partial charge < -0.3 is 5.73 Å². The molecular weight excluding hydrogens is 219 g/mol. The molecule has 90 valence electrons. The van der Waals surface area contributed by atoms with Crippen LogP contribution in [0.15, 0.2) is 24.3 Å². The maximum absolute atomic E-state index is 12.8. The molecule has 2 aromatic rings. The number of nitrogens with zero attached hydrogens (tertiary/aromatic N) is 3. The van der Waals surface area contributed by atoms with Crippen molar-refractivity contribution in [1.29, 1.82) is 0 Å². The summed E-state index contributed by atoms with van der Waals surface area (Å²) < 4.78 is 14.5. The summed E-state index contributed by atoms with van der Waals surface area (Å²) in [6, 6.07) is 6.34. The van der Waals surface area contributed by atoms with Crippen LogP contribution in [0.3, 0.4) is 0 Å². The molecule has 5 heteroatoms. The zero-order valence-corrected chi connectivity index (χ0v) is 9.89. The molecule has 4 nitrogen and oxygen atoms in total. The van der Waals surface area contributed by atoms with Gasteiger partial charge in [-0.1, -0.05) is 26.0 Å². The molecule has 0 radical (unpaired) electrons. The number of benzene rings is 1. The minimum Gasteiger partial charge on any atom is -0.366 e. The van der Waals surface area contributed by atoms with Crippen LogP contribution in [0.1, 0.15) is 31.2 Å². The first kappa shape index (κ1) is 11.6. The molecule has 0 saturated carbocycles. The quantitative estimate of drug-likeness (QED) is 0.885. The Morgan fingerprint density at radius 2 is 1.94 bits per heavy atom. The first-order valence-corrected chi connectivity index (χ1v) is 5.51. The molecule has 0 atom stereocenters. The normalized spacial score (nSPS) is 11.1. The van der Waals surface area contributed by atoms with Gasteiger partial charge >= 0.3 is 0 Å². The summed E-state index contributed by atoms with van der Waals surface area (Å²) in [6.45, 7) is 4.62. The fourth-order valence-corrected chi connectivity index (χ4v) is 1.68. The average molecular weight is 234 g/mol. The molecule has 0 aliphatic rings. The van der Waals surface area contributed by atoms with Crippen molar-refractivity contribution < 1.29 is 4.39 Å². The van der Waals surface area contributed by atoms with Gasteiger partial charge in [-0.2, -0.15) is 4.98 Å². The average Bonchev–Trinajstić information content (AvgIpc) is 2.63. The Labute approximate surface area is 99.3 Å². The van der Waals surface area contributed by atoms with Crippen LogP contribution in [-0.4, -0.2) is 14.8 Å². The summed E-state index contributed by atoms with van der Waals surface area (Å²) in [5, 5.41) is 4.14. The summed E-state index contributed by atoms with van der Waals surface area (Å²) in [7, 11) is 0. The predicted octanol–water partition coefficient (Wildman–Crippen LogP) is 2.17. The second kappa shape index (κ2) is 4.53. The second-order valence-electron chi connectivity index (χ2n) is 4.27. The summed E-state index contributed by atoms with van der Waals surface area (Å²) >= 11 is 0. The van der Waals surface area contributed by atoms with Gasteiger partial charge in [0.1, 0.15) is 11.6 Å². The second-order valence-corrected chi connectivity index (χ2v) is 4.27. The molecule has 17 heavy (non-hydrogen) atoms. The van der Waals surface area contributed by atoms with E-state index in [0.29, 0.717) is 6.54 Å². The van der Waals surface area contributed by atoms with E-state index in [0.717, 1.165) is 11.4 Å². The number of nitrogens with two attached hydrogens (primary N) is 1. The smallest absolute Gasteiger partial charge is 0.239 e. The summed E-state index contributed by atoms with van der Waals surface area (Å²) in [4.78, 5) is 4.18. The van der Waals surface area contributed by atoms with Crippen LogP contribution in [0.25, 0.3) is 0 Å². The molecule has 0 saturated heterocycles. The minimum atomic E-state index is -0.240. The highest BCUT2D eigenvalue weighted by molar-refractivity contribution is 5.20. The van der Waals surface area contributed by atoms with Gasteiger partial charge in [0.25, 0.3) is 0 Å². The largest absolute Gasteiger partial charge is 0.366 e. The van der Waals surface area contributed by atoms with E-state index in [4.69, 9.17) is 5.73 Å². The molecule has 0 amide bonds. The SMILES string of the molecule is CC(C)c1nc(N)nn1Cc1ccc(F)cc1. The predicted molar refractivity (Wildman–Crippen MR) is 64.0 cm³/mol. The van der Waals surface area contributed by atoms with Crippen LogP contribution in [-0.2, 0) is 6.54 Å². The van der Waals surface area contributed by atoms with Gasteiger partial charge in [-0.25, -0.2) is 9.07 Å². The van der Waals surface area contributed by atoms with E-state index in [1.54, 1.807) is 16.8 Å². The number of halogens is 1. The van der Waals surface area contributed by atoms with Crippen molar-refractivity contribution in [2.45, 2.75) is 26.3 Å². The van der Waals surface area contributed by atoms with Gasteiger partial charge in [0.15, 0.2) is 0 Å². The highest BCUT2D eigenvalue weighted by Crippen LogP contribution is 2.14. The van der Waals surface area contributed by atoms with Crippen LogP contribution in [0.2, 0.25) is 0 Å². The first-order chi connectivity index (χ1) is 8.06. The molecule has 0 unspecified atom stereocenters. The lowest BCUT2D eigenvalue weighted by atomic mass is 10.2. The van der Waals surface area contributed by atoms with Crippen molar-refractivity contribution in [2.75, 3.05) is 5.73 Å². The third-order valence-corrected chi connectivity index (χ3v) is 2.48. The van der Waals surface area contributed by atoms with Gasteiger partial charge in [0.2, 0.25) is 5.95 Å². The summed E-state index contributed by atoms with van der Waals surface area (Å²) in [5.41, 5.74) is 6.56. The fraction of sp³-hybridized carbons (Fsp3) is 0.333. The Morgan fingerprint density at radius 3 is 2.53 bits per heavy atom. The summed E-state index contributed by atoms with van der Waals surface area (Å²) in [5.74, 6) is 1.12. The maximum Gasteiger partial charge on any atom is 0.239 e. The van der Waals surface area contributed by atoms with E-state index in [-0.39, 0.29) is 17.7 Å². The van der Waals surface area contributed by atoms with E-state index in [1.807, 2.05) is 13.8 Å².